The number of amides is 2. The van der Waals surface area contributed by atoms with Crippen molar-refractivity contribution in [2.24, 2.45) is 0 Å². The van der Waals surface area contributed by atoms with Crippen LogP contribution in [0.4, 0.5) is 26.9 Å². The predicted octanol–water partition coefficient (Wildman–Crippen LogP) is 5.64. The molecule has 2 heterocycles. The van der Waals surface area contributed by atoms with E-state index in [0.29, 0.717) is 23.0 Å². The number of hydrogen-bond acceptors (Lipinski definition) is 9. The molecule has 3 aromatic rings. The van der Waals surface area contributed by atoms with Crippen LogP contribution in [0.25, 0.3) is 5.65 Å². The summed E-state index contributed by atoms with van der Waals surface area (Å²) < 4.78 is 25.1. The normalized spacial score (nSPS) is 16.5. The number of carbonyl (C=O) groups is 2. The topological polar surface area (TPSA) is 151 Å². The van der Waals surface area contributed by atoms with Crippen molar-refractivity contribution in [3.8, 4) is 6.07 Å². The number of hydrogen-bond donors (Lipinski definition) is 2. The van der Waals surface area contributed by atoms with E-state index in [1.165, 1.54) is 10.7 Å². The van der Waals surface area contributed by atoms with Gasteiger partial charge in [0, 0.05) is 40.6 Å². The number of aromatic nitrogens is 3. The minimum atomic E-state index is -1.15. The molecule has 2 aliphatic carbocycles. The highest BCUT2D eigenvalue weighted by atomic mass is 32.2. The van der Waals surface area contributed by atoms with E-state index in [1.807, 2.05) is 59.7 Å². The summed E-state index contributed by atoms with van der Waals surface area (Å²) in [7, 11) is -1.15. The number of nitrogens with one attached hydrogen (secondary N) is 2. The number of fused-ring (bicyclic) bond motifs is 1. The highest BCUT2D eigenvalue weighted by molar-refractivity contribution is 7.83. The molecular weight excluding hydrogens is 582 g/mol. The van der Waals surface area contributed by atoms with Gasteiger partial charge in [-0.2, -0.15) is 14.9 Å². The van der Waals surface area contributed by atoms with Crippen LogP contribution in [0, 0.1) is 11.3 Å². The van der Waals surface area contributed by atoms with E-state index in [-0.39, 0.29) is 17.4 Å². The quantitative estimate of drug-likeness (QED) is 0.326. The third-order valence-electron chi connectivity index (χ3n) is 7.06. The standard InChI is InChI=1S/C31H39N7O5S/c1-29(2,3)42-27(39)36-31(12-13-31)23-11-8-21(14-19(23)18-44(7)41)34-24-15-25(38-26(35-24)20(16-32)17-33-38)37(22-9-10-22)28(40)43-30(4,5)6/h8,11,14-15,17,22H,9-10,12-13,18H2,1-7H3,(H,34,35)(H,36,39). The molecule has 12 nitrogen and oxygen atoms in total. The SMILES string of the molecule is CS(=O)Cc1cc(Nc2cc(N(C(=O)OC(C)(C)C)C3CC3)n3ncc(C#N)c3n2)ccc1C1(NC(=O)OC(C)(C)C)CC1. The van der Waals surface area contributed by atoms with Crippen molar-refractivity contribution in [3.05, 3.63) is 47.2 Å². The Morgan fingerprint density at radius 2 is 1.82 bits per heavy atom. The number of carbonyl (C=O) groups excluding carboxylic acids is 2. The van der Waals surface area contributed by atoms with Gasteiger partial charge in [-0.05, 0) is 90.5 Å². The minimum absolute atomic E-state index is 0.0596. The Morgan fingerprint density at radius 1 is 1.14 bits per heavy atom. The van der Waals surface area contributed by atoms with Crippen molar-refractivity contribution in [2.45, 2.75) is 95.8 Å². The summed E-state index contributed by atoms with van der Waals surface area (Å²) in [6.07, 6.45) is 5.17. The minimum Gasteiger partial charge on any atom is -0.444 e. The van der Waals surface area contributed by atoms with Crippen LogP contribution < -0.4 is 15.5 Å². The number of rotatable bonds is 8. The second-order valence-corrected chi connectivity index (χ2v) is 14.8. The van der Waals surface area contributed by atoms with Gasteiger partial charge in [0.05, 0.1) is 11.7 Å². The Labute approximate surface area is 259 Å². The van der Waals surface area contributed by atoms with Crippen LogP contribution in [0.15, 0.2) is 30.5 Å². The van der Waals surface area contributed by atoms with Crippen LogP contribution in [-0.2, 0) is 31.6 Å². The van der Waals surface area contributed by atoms with E-state index in [0.717, 1.165) is 36.8 Å². The van der Waals surface area contributed by atoms with Crippen LogP contribution in [0.5, 0.6) is 0 Å². The summed E-state index contributed by atoms with van der Waals surface area (Å²) in [5, 5.41) is 20.4. The summed E-state index contributed by atoms with van der Waals surface area (Å²) in [6, 6.07) is 9.46. The predicted molar refractivity (Wildman–Crippen MR) is 167 cm³/mol. The van der Waals surface area contributed by atoms with Crippen LogP contribution in [0.1, 0.15) is 83.9 Å². The van der Waals surface area contributed by atoms with Gasteiger partial charge in [-0.1, -0.05) is 6.07 Å². The van der Waals surface area contributed by atoms with Gasteiger partial charge >= 0.3 is 12.2 Å². The van der Waals surface area contributed by atoms with Crippen molar-refractivity contribution < 1.29 is 23.3 Å². The van der Waals surface area contributed by atoms with Gasteiger partial charge in [0.25, 0.3) is 0 Å². The summed E-state index contributed by atoms with van der Waals surface area (Å²) in [4.78, 5) is 32.2. The average Bonchev–Trinajstić information content (AvgIpc) is 3.81. The lowest BCUT2D eigenvalue weighted by Crippen LogP contribution is -2.39. The zero-order valence-electron chi connectivity index (χ0n) is 26.2. The maximum atomic E-state index is 13.4. The number of ether oxygens (including phenoxy) is 2. The molecule has 1 unspecified atom stereocenters. The lowest BCUT2D eigenvalue weighted by atomic mass is 9.98. The van der Waals surface area contributed by atoms with Crippen LogP contribution in [0.3, 0.4) is 0 Å². The molecule has 2 fully saturated rings. The van der Waals surface area contributed by atoms with Gasteiger partial charge in [0.2, 0.25) is 0 Å². The molecule has 1 aromatic carbocycles. The summed E-state index contributed by atoms with van der Waals surface area (Å²) >= 11 is 0. The fourth-order valence-corrected chi connectivity index (χ4v) is 5.72. The van der Waals surface area contributed by atoms with Crippen molar-refractivity contribution in [1.29, 1.82) is 5.26 Å². The van der Waals surface area contributed by atoms with Crippen molar-refractivity contribution in [3.63, 3.8) is 0 Å². The number of nitrogens with zero attached hydrogens (tertiary/aromatic N) is 5. The van der Waals surface area contributed by atoms with Crippen LogP contribution >= 0.6 is 0 Å². The molecule has 234 valence electrons. The van der Waals surface area contributed by atoms with E-state index in [4.69, 9.17) is 9.47 Å². The molecule has 0 radical (unpaired) electrons. The van der Waals surface area contributed by atoms with Crippen molar-refractivity contribution >= 4 is 46.0 Å². The Morgan fingerprint density at radius 3 is 2.39 bits per heavy atom. The number of alkyl carbamates (subject to hydrolysis) is 1. The Kier molecular flexibility index (Phi) is 8.09. The van der Waals surface area contributed by atoms with Gasteiger partial charge in [0.1, 0.15) is 34.5 Å². The molecule has 13 heteroatoms. The molecule has 5 rings (SSSR count). The zero-order valence-corrected chi connectivity index (χ0v) is 27.0. The van der Waals surface area contributed by atoms with Crippen LogP contribution in [0.2, 0.25) is 0 Å². The monoisotopic (exact) mass is 621 g/mol. The van der Waals surface area contributed by atoms with E-state index < -0.39 is 39.7 Å². The number of benzene rings is 1. The average molecular weight is 622 g/mol. The van der Waals surface area contributed by atoms with E-state index in [2.05, 4.69) is 26.8 Å². The summed E-state index contributed by atoms with van der Waals surface area (Å²) in [5.74, 6) is 1.11. The molecule has 0 aliphatic heterocycles. The third-order valence-corrected chi connectivity index (χ3v) is 7.78. The third kappa shape index (κ3) is 7.13. The molecule has 1 atom stereocenters. The smallest absolute Gasteiger partial charge is 0.416 e. The summed E-state index contributed by atoms with van der Waals surface area (Å²) in [6.45, 7) is 10.9. The zero-order chi connectivity index (χ0) is 32.0. The van der Waals surface area contributed by atoms with Gasteiger partial charge in [-0.3, -0.25) is 9.11 Å². The molecule has 44 heavy (non-hydrogen) atoms. The molecule has 0 saturated heterocycles. The first-order chi connectivity index (χ1) is 20.6. The largest absolute Gasteiger partial charge is 0.444 e. The number of nitriles is 1. The molecule has 2 amide bonds. The lowest BCUT2D eigenvalue weighted by molar-refractivity contribution is 0.0493. The van der Waals surface area contributed by atoms with Gasteiger partial charge in [-0.15, -0.1) is 0 Å². The highest BCUT2D eigenvalue weighted by Gasteiger charge is 2.48. The fraction of sp³-hybridized carbons (Fsp3) is 0.516. The molecule has 2 N–H and O–H groups in total. The van der Waals surface area contributed by atoms with E-state index in [9.17, 15) is 19.1 Å². The molecule has 0 spiro atoms. The Balaban J connectivity index is 1.51. The van der Waals surface area contributed by atoms with Crippen molar-refractivity contribution in [1.82, 2.24) is 19.9 Å². The lowest BCUT2D eigenvalue weighted by Gasteiger charge is -2.28. The van der Waals surface area contributed by atoms with E-state index >= 15 is 0 Å². The Hall–Kier alpha value is -4.18. The molecule has 2 aromatic heterocycles. The molecule has 2 aliphatic rings. The first kappa shape index (κ1) is 31.3. The Bertz CT molecular complexity index is 1670. The maximum absolute atomic E-state index is 13.4. The summed E-state index contributed by atoms with van der Waals surface area (Å²) in [5.41, 5.74) is 1.02. The first-order valence-corrected chi connectivity index (χ1v) is 16.3. The van der Waals surface area contributed by atoms with Gasteiger partial charge in [-0.25, -0.2) is 14.6 Å². The van der Waals surface area contributed by atoms with Crippen LogP contribution in [-0.4, -0.2) is 54.5 Å². The molecule has 0 bridgehead atoms. The fourth-order valence-electron chi connectivity index (χ4n) is 5.05. The second-order valence-electron chi connectivity index (χ2n) is 13.4. The molecular formula is C31H39N7O5S. The second kappa shape index (κ2) is 11.4. The maximum Gasteiger partial charge on any atom is 0.416 e. The highest BCUT2D eigenvalue weighted by Crippen LogP contribution is 2.48. The van der Waals surface area contributed by atoms with Gasteiger partial charge in [0.15, 0.2) is 5.65 Å². The van der Waals surface area contributed by atoms with Gasteiger partial charge < -0.3 is 20.1 Å². The first-order valence-electron chi connectivity index (χ1n) is 14.6. The number of anilines is 3. The molecule has 2 saturated carbocycles. The van der Waals surface area contributed by atoms with E-state index in [1.54, 1.807) is 17.2 Å². The van der Waals surface area contributed by atoms with Crippen molar-refractivity contribution in [2.75, 3.05) is 16.5 Å².